The number of halogens is 5. The lowest BCUT2D eigenvalue weighted by atomic mass is 10.2. The molecule has 1 aromatic carbocycles. The Morgan fingerprint density at radius 1 is 0.404 bits per heavy atom. The Morgan fingerprint density at radius 2 is 0.702 bits per heavy atom. The molecule has 0 radical (unpaired) electrons. The van der Waals surface area contributed by atoms with Crippen molar-refractivity contribution in [1.29, 1.82) is 0 Å². The van der Waals surface area contributed by atoms with Gasteiger partial charge < -0.3 is 47.4 Å². The summed E-state index contributed by atoms with van der Waals surface area (Å²) >= 11 is 0. The molecule has 0 aromatic heterocycles. The van der Waals surface area contributed by atoms with Gasteiger partial charge in [0.1, 0.15) is 0 Å². The molecule has 0 atom stereocenters. The van der Waals surface area contributed by atoms with Crippen molar-refractivity contribution in [1.82, 2.24) is 0 Å². The van der Waals surface area contributed by atoms with E-state index in [1.165, 1.54) is 19.3 Å². The molecule has 0 bridgehead atoms. The average Bonchev–Trinajstić information content (AvgIpc) is 3.07. The van der Waals surface area contributed by atoms with E-state index in [2.05, 4.69) is 11.7 Å². The van der Waals surface area contributed by atoms with Gasteiger partial charge in [-0.15, -0.1) is 0 Å². The molecular weight excluding hydrogens is 643 g/mol. The van der Waals surface area contributed by atoms with E-state index in [1.54, 1.807) is 0 Å². The van der Waals surface area contributed by atoms with Crippen molar-refractivity contribution >= 4 is 5.97 Å². The van der Waals surface area contributed by atoms with Gasteiger partial charge in [-0.3, -0.25) is 4.79 Å². The molecule has 0 saturated carbocycles. The largest absolute Gasteiger partial charge is 0.420 e. The number of unbranched alkanes of at least 4 members (excludes halogenated alkanes) is 3. The highest BCUT2D eigenvalue weighted by molar-refractivity contribution is 5.72. The zero-order valence-electron chi connectivity index (χ0n) is 27.1. The fourth-order valence-corrected chi connectivity index (χ4v) is 3.49. The second-order valence-corrected chi connectivity index (χ2v) is 9.70. The number of hydrogen-bond donors (Lipinski definition) is 0. The van der Waals surface area contributed by atoms with Crippen LogP contribution in [0.5, 0.6) is 5.75 Å². The first kappa shape index (κ1) is 43.0. The molecule has 1 aromatic rings. The SMILES string of the molecule is CCCCCCOCCOCCOCCOCCOCCOCCOCCOCCOCCC(=O)Oc1c(F)c(F)c(F)c(F)c1F. The summed E-state index contributed by atoms with van der Waals surface area (Å²) in [6.45, 7) is 9.31. The summed E-state index contributed by atoms with van der Waals surface area (Å²) in [4.78, 5) is 11.6. The highest BCUT2D eigenvalue weighted by Gasteiger charge is 2.28. The van der Waals surface area contributed by atoms with Crippen molar-refractivity contribution in [3.05, 3.63) is 29.1 Å². The maximum atomic E-state index is 13.5. The molecule has 0 aliphatic heterocycles. The number of carbonyl (C=O) groups is 1. The lowest BCUT2D eigenvalue weighted by Gasteiger charge is -2.09. The Hall–Kier alpha value is -2.02. The molecule has 11 nitrogen and oxygen atoms in total. The van der Waals surface area contributed by atoms with Gasteiger partial charge in [0.15, 0.2) is 0 Å². The van der Waals surface area contributed by atoms with E-state index >= 15 is 0 Å². The summed E-state index contributed by atoms with van der Waals surface area (Å²) < 4.78 is 119. The molecule has 274 valence electrons. The molecule has 1 rings (SSSR count). The normalized spacial score (nSPS) is 11.4. The van der Waals surface area contributed by atoms with Crippen LogP contribution in [0.1, 0.15) is 39.0 Å². The molecule has 0 saturated heterocycles. The Kier molecular flexibility index (Phi) is 27.5. The van der Waals surface area contributed by atoms with Crippen LogP contribution in [0.3, 0.4) is 0 Å². The van der Waals surface area contributed by atoms with Crippen LogP contribution in [-0.2, 0) is 47.4 Å². The topological polar surface area (TPSA) is 109 Å². The zero-order chi connectivity index (χ0) is 34.4. The van der Waals surface area contributed by atoms with E-state index in [0.29, 0.717) is 85.9 Å². The number of ether oxygens (including phenoxy) is 10. The number of rotatable bonds is 33. The van der Waals surface area contributed by atoms with Gasteiger partial charge in [-0.2, -0.15) is 8.78 Å². The third-order valence-electron chi connectivity index (χ3n) is 5.95. The van der Waals surface area contributed by atoms with Crippen molar-refractivity contribution in [2.75, 3.05) is 119 Å². The minimum Gasteiger partial charge on any atom is -0.420 e. The van der Waals surface area contributed by atoms with E-state index in [1.807, 2.05) is 0 Å². The minimum atomic E-state index is -2.35. The third kappa shape index (κ3) is 22.3. The smallest absolute Gasteiger partial charge is 0.313 e. The van der Waals surface area contributed by atoms with E-state index < -0.39 is 47.2 Å². The molecule has 0 fully saturated rings. The van der Waals surface area contributed by atoms with E-state index in [9.17, 15) is 26.7 Å². The van der Waals surface area contributed by atoms with Crippen molar-refractivity contribution in [3.63, 3.8) is 0 Å². The van der Waals surface area contributed by atoms with Gasteiger partial charge in [0, 0.05) is 6.61 Å². The minimum absolute atomic E-state index is 0.0864. The molecule has 0 spiro atoms. The Labute approximate surface area is 273 Å². The number of esters is 1. The predicted molar refractivity (Wildman–Crippen MR) is 158 cm³/mol. The molecule has 0 amide bonds. The first-order valence-corrected chi connectivity index (χ1v) is 15.8. The Bertz CT molecular complexity index is 901. The monoisotopic (exact) mass is 692 g/mol. The van der Waals surface area contributed by atoms with Crippen molar-refractivity contribution in [3.8, 4) is 5.75 Å². The van der Waals surface area contributed by atoms with Crippen molar-refractivity contribution < 1.29 is 74.1 Å². The van der Waals surface area contributed by atoms with Crippen LogP contribution < -0.4 is 4.74 Å². The standard InChI is InChI=1S/C31H49F5O11/c1-2-3-4-5-7-38-9-11-40-13-15-42-17-19-44-21-23-46-24-22-45-20-18-43-16-14-41-12-10-39-8-6-25(37)47-31-29(35)27(33)26(32)28(34)30(31)36/h2-24H2,1H3. The molecule has 16 heteroatoms. The van der Waals surface area contributed by atoms with E-state index in [-0.39, 0.29) is 26.4 Å². The highest BCUT2D eigenvalue weighted by Crippen LogP contribution is 2.29. The summed E-state index contributed by atoms with van der Waals surface area (Å²) in [5.74, 6) is -14.1. The van der Waals surface area contributed by atoms with Crippen LogP contribution in [0.25, 0.3) is 0 Å². The fraction of sp³-hybridized carbons (Fsp3) is 0.774. The van der Waals surface area contributed by atoms with Crippen LogP contribution in [-0.4, -0.2) is 125 Å². The van der Waals surface area contributed by atoms with Crippen LogP contribution in [0.4, 0.5) is 22.0 Å². The molecule has 0 heterocycles. The van der Waals surface area contributed by atoms with Gasteiger partial charge in [0.25, 0.3) is 0 Å². The molecule has 0 N–H and O–H groups in total. The van der Waals surface area contributed by atoms with Crippen LogP contribution in [0.2, 0.25) is 0 Å². The Morgan fingerprint density at radius 3 is 1.04 bits per heavy atom. The average molecular weight is 693 g/mol. The lowest BCUT2D eigenvalue weighted by Crippen LogP contribution is -2.16. The van der Waals surface area contributed by atoms with Crippen LogP contribution >= 0.6 is 0 Å². The van der Waals surface area contributed by atoms with Crippen LogP contribution in [0.15, 0.2) is 0 Å². The first-order valence-electron chi connectivity index (χ1n) is 15.8. The lowest BCUT2D eigenvalue weighted by molar-refractivity contribution is -0.136. The van der Waals surface area contributed by atoms with Gasteiger partial charge >= 0.3 is 5.97 Å². The molecule has 0 unspecified atom stereocenters. The van der Waals surface area contributed by atoms with Crippen molar-refractivity contribution in [2.24, 2.45) is 0 Å². The highest BCUT2D eigenvalue weighted by atomic mass is 19.2. The fourth-order valence-electron chi connectivity index (χ4n) is 3.49. The van der Waals surface area contributed by atoms with Gasteiger partial charge in [-0.05, 0) is 6.42 Å². The molecule has 47 heavy (non-hydrogen) atoms. The third-order valence-corrected chi connectivity index (χ3v) is 5.95. The zero-order valence-corrected chi connectivity index (χ0v) is 27.1. The number of hydrogen-bond acceptors (Lipinski definition) is 11. The first-order chi connectivity index (χ1) is 22.9. The molecule has 0 aliphatic carbocycles. The van der Waals surface area contributed by atoms with Gasteiger partial charge in [0.2, 0.25) is 34.8 Å². The van der Waals surface area contributed by atoms with Gasteiger partial charge in [-0.25, -0.2) is 13.2 Å². The molecule has 0 aliphatic rings. The summed E-state index contributed by atoms with van der Waals surface area (Å²) in [6, 6.07) is 0. The van der Waals surface area contributed by atoms with Crippen molar-refractivity contribution in [2.45, 2.75) is 39.0 Å². The maximum Gasteiger partial charge on any atom is 0.313 e. The van der Waals surface area contributed by atoms with E-state index in [0.717, 1.165) is 13.0 Å². The summed E-state index contributed by atoms with van der Waals surface area (Å²) in [6.07, 6.45) is 4.31. The summed E-state index contributed by atoms with van der Waals surface area (Å²) in [5.41, 5.74) is 0. The number of benzene rings is 1. The second kappa shape index (κ2) is 30.1. The second-order valence-electron chi connectivity index (χ2n) is 9.70. The summed E-state index contributed by atoms with van der Waals surface area (Å²) in [7, 11) is 0. The Balaban J connectivity index is 1.76. The maximum absolute atomic E-state index is 13.5. The van der Waals surface area contributed by atoms with Gasteiger partial charge in [0.05, 0.1) is 119 Å². The molecular formula is C31H49F5O11. The quantitative estimate of drug-likeness (QED) is 0.0261. The number of carbonyl (C=O) groups excluding carboxylic acids is 1. The van der Waals surface area contributed by atoms with Crippen LogP contribution in [0, 0.1) is 29.1 Å². The van der Waals surface area contributed by atoms with E-state index in [4.69, 9.17) is 42.6 Å². The van der Waals surface area contributed by atoms with Gasteiger partial charge in [-0.1, -0.05) is 26.2 Å². The summed E-state index contributed by atoms with van der Waals surface area (Å²) in [5, 5.41) is 0. The predicted octanol–water partition coefficient (Wildman–Crippen LogP) is 4.41.